The summed E-state index contributed by atoms with van der Waals surface area (Å²) in [5.41, 5.74) is 0.388. The molecule has 16 heteroatoms. The van der Waals surface area contributed by atoms with Gasteiger partial charge in [0.05, 0.1) is 18.2 Å². The first-order chi connectivity index (χ1) is 20.8. The number of aliphatic hydroxyl groups excluding tert-OH is 5. The fourth-order valence-electron chi connectivity index (χ4n) is 5.01. The highest BCUT2D eigenvalue weighted by Crippen LogP contribution is 2.46. The summed E-state index contributed by atoms with van der Waals surface area (Å²) >= 11 is 0. The Bertz CT molecular complexity index is 1400. The molecule has 2 aromatic carbocycles. The number of carbonyl (C=O) groups is 1. The molecule has 240 valence electrons. The lowest BCUT2D eigenvalue weighted by atomic mass is 9.97. The molecule has 0 bridgehead atoms. The van der Waals surface area contributed by atoms with Gasteiger partial charge >= 0.3 is 5.97 Å². The molecule has 10 N–H and O–H groups in total. The summed E-state index contributed by atoms with van der Waals surface area (Å²) in [6.07, 6.45) is -14.4. The fourth-order valence-corrected chi connectivity index (χ4v) is 5.01. The Morgan fingerprint density at radius 2 is 1.66 bits per heavy atom. The first kappa shape index (κ1) is 31.6. The predicted molar refractivity (Wildman–Crippen MR) is 143 cm³/mol. The number of esters is 1. The van der Waals surface area contributed by atoms with Crippen molar-refractivity contribution in [2.45, 2.75) is 68.3 Å². The average Bonchev–Trinajstić information content (AvgIpc) is 2.97. The van der Waals surface area contributed by atoms with Crippen LogP contribution in [0.4, 0.5) is 0 Å². The largest absolute Gasteiger partial charge is 0.571 e. The van der Waals surface area contributed by atoms with E-state index < -0.39 is 92.1 Å². The van der Waals surface area contributed by atoms with Crippen molar-refractivity contribution in [2.75, 3.05) is 13.2 Å². The molecule has 2 aromatic rings. The van der Waals surface area contributed by atoms with Crippen molar-refractivity contribution in [1.29, 1.82) is 0 Å². The molecule has 3 aliphatic heterocycles. The van der Waals surface area contributed by atoms with Crippen LogP contribution >= 0.6 is 0 Å². The number of aromatic hydroxyl groups is 5. The van der Waals surface area contributed by atoms with Crippen molar-refractivity contribution in [3.05, 3.63) is 47.2 Å². The molecule has 2 fully saturated rings. The van der Waals surface area contributed by atoms with Gasteiger partial charge < -0.3 is 74.4 Å². The van der Waals surface area contributed by atoms with Gasteiger partial charge in [0.15, 0.2) is 29.7 Å². The van der Waals surface area contributed by atoms with E-state index in [-0.39, 0.29) is 34.1 Å². The van der Waals surface area contributed by atoms with Gasteiger partial charge in [0.2, 0.25) is 6.29 Å². The Labute approximate surface area is 249 Å². The first-order valence-corrected chi connectivity index (χ1v) is 13.5. The highest BCUT2D eigenvalue weighted by atomic mass is 16.8. The van der Waals surface area contributed by atoms with Crippen LogP contribution in [-0.4, -0.2) is 125 Å². The van der Waals surface area contributed by atoms with E-state index in [1.165, 1.54) is 30.3 Å². The first-order valence-electron chi connectivity index (χ1n) is 13.5. The molecule has 2 saturated heterocycles. The summed E-state index contributed by atoms with van der Waals surface area (Å²) in [6, 6.07) is 6.16. The standard InChI is InChI=1S/C28H32O16/c1-10(29)39-9-20-22(36)23(37)26(44-27-24(38)21(35)17(34)8-40-27)28(43-20)42-19-7-13-15(32)5-12(30)6-18(13)41-25(19)11-2-3-14(31)16(33)4-11/h2-7,17,20-28,30-38H,8-9H2,1H3/p+1. The van der Waals surface area contributed by atoms with Crippen LogP contribution in [0.25, 0.3) is 6.08 Å². The molecule has 0 aromatic heterocycles. The Morgan fingerprint density at radius 3 is 2.36 bits per heavy atom. The number of carbonyl (C=O) groups excluding carboxylic acids is 1. The lowest BCUT2D eigenvalue weighted by molar-refractivity contribution is -0.353. The highest BCUT2D eigenvalue weighted by molar-refractivity contribution is 5.69. The molecule has 0 aliphatic carbocycles. The van der Waals surface area contributed by atoms with Crippen molar-refractivity contribution in [3.8, 4) is 28.7 Å². The second-order valence-electron chi connectivity index (χ2n) is 10.5. The molecule has 3 heterocycles. The SMILES string of the molecule is CC(=O)OCC1OC(OC2=Cc3c(O)cc(O)cc3[OH+]C2c2ccc(O)c(O)c2)C(OC2OCC(O)C(O)C2O)C(O)C1O. The topological polar surface area (TPSA) is 258 Å². The van der Waals surface area contributed by atoms with Gasteiger partial charge in [-0.25, -0.2) is 0 Å². The Kier molecular flexibility index (Phi) is 9.05. The Balaban J connectivity index is 1.52. The van der Waals surface area contributed by atoms with E-state index in [0.29, 0.717) is 0 Å². The molecule has 10 unspecified atom stereocenters. The maximum absolute atomic E-state index is 11.4. The van der Waals surface area contributed by atoms with E-state index in [2.05, 4.69) is 4.74 Å². The quantitative estimate of drug-likeness (QED) is 0.0984. The molecule has 44 heavy (non-hydrogen) atoms. The van der Waals surface area contributed by atoms with E-state index in [0.717, 1.165) is 13.0 Å². The number of phenols is 4. The van der Waals surface area contributed by atoms with Gasteiger partial charge in [0.1, 0.15) is 60.3 Å². The average molecular weight is 626 g/mol. The minimum Gasteiger partial charge on any atom is -0.571 e. The summed E-state index contributed by atoms with van der Waals surface area (Å²) in [5, 5.41) is 92.8. The second-order valence-corrected chi connectivity index (χ2v) is 10.5. The van der Waals surface area contributed by atoms with Gasteiger partial charge in [-0.1, -0.05) is 0 Å². The maximum Gasteiger partial charge on any atom is 0.302 e. The van der Waals surface area contributed by atoms with Gasteiger partial charge in [0, 0.05) is 19.1 Å². The van der Waals surface area contributed by atoms with E-state index in [4.69, 9.17) is 23.7 Å². The number of benzene rings is 2. The maximum atomic E-state index is 11.4. The minimum atomic E-state index is -1.82. The molecular formula is C28H33O16+. The predicted octanol–water partition coefficient (Wildman–Crippen LogP) is -1.30. The third-order valence-electron chi connectivity index (χ3n) is 7.35. The molecule has 0 amide bonds. The lowest BCUT2D eigenvalue weighted by Crippen LogP contribution is -2.63. The fraction of sp³-hybridized carbons (Fsp3) is 0.464. The summed E-state index contributed by atoms with van der Waals surface area (Å²) in [7, 11) is 0. The summed E-state index contributed by atoms with van der Waals surface area (Å²) < 4.78 is 32.5. The number of fused-ring (bicyclic) bond motifs is 1. The zero-order valence-corrected chi connectivity index (χ0v) is 23.1. The molecule has 0 radical (unpaired) electrons. The van der Waals surface area contributed by atoms with Gasteiger partial charge in [-0.3, -0.25) is 4.79 Å². The molecule has 3 aliphatic rings. The van der Waals surface area contributed by atoms with Crippen molar-refractivity contribution < 1.29 is 79.2 Å². The number of hydrogen-bond acceptors (Lipinski definition) is 15. The number of rotatable bonds is 7. The van der Waals surface area contributed by atoms with Gasteiger partial charge in [-0.15, -0.1) is 0 Å². The normalized spacial score (nSPS) is 33.5. The summed E-state index contributed by atoms with van der Waals surface area (Å²) in [4.78, 5) is 11.4. The zero-order chi connectivity index (χ0) is 31.9. The van der Waals surface area contributed by atoms with E-state index in [1.807, 2.05) is 0 Å². The molecule has 5 rings (SSSR count). The lowest BCUT2D eigenvalue weighted by Gasteiger charge is -2.45. The van der Waals surface area contributed by atoms with Gasteiger partial charge in [-0.05, 0) is 18.2 Å². The van der Waals surface area contributed by atoms with Crippen LogP contribution in [0.1, 0.15) is 24.2 Å². The van der Waals surface area contributed by atoms with Crippen molar-refractivity contribution in [3.63, 3.8) is 0 Å². The Hall–Kier alpha value is -3.87. The second kappa shape index (κ2) is 12.6. The van der Waals surface area contributed by atoms with Gasteiger partial charge in [0.25, 0.3) is 11.9 Å². The van der Waals surface area contributed by atoms with Crippen LogP contribution in [0.15, 0.2) is 36.1 Å². The summed E-state index contributed by atoms with van der Waals surface area (Å²) in [6.45, 7) is 0.186. The van der Waals surface area contributed by atoms with Crippen LogP contribution in [-0.2, 0) is 28.5 Å². The molecule has 0 spiro atoms. The number of hydrogen-bond donors (Lipinski definition) is 9. The van der Waals surface area contributed by atoms with Crippen molar-refractivity contribution in [2.24, 2.45) is 0 Å². The van der Waals surface area contributed by atoms with Crippen molar-refractivity contribution >= 4 is 12.0 Å². The number of phenolic OH excluding ortho intramolecular Hbond substituents is 4. The monoisotopic (exact) mass is 625 g/mol. The van der Waals surface area contributed by atoms with Crippen LogP contribution in [0.3, 0.4) is 0 Å². The van der Waals surface area contributed by atoms with Crippen LogP contribution in [0.2, 0.25) is 0 Å². The zero-order valence-electron chi connectivity index (χ0n) is 23.1. The molecular weight excluding hydrogens is 592 g/mol. The Morgan fingerprint density at radius 1 is 0.909 bits per heavy atom. The van der Waals surface area contributed by atoms with Crippen LogP contribution in [0, 0.1) is 0 Å². The third-order valence-corrected chi connectivity index (χ3v) is 7.35. The number of aliphatic hydroxyl groups is 6. The summed E-state index contributed by atoms with van der Waals surface area (Å²) in [5.74, 6) is -2.20. The van der Waals surface area contributed by atoms with Crippen LogP contribution in [0.5, 0.6) is 28.7 Å². The smallest absolute Gasteiger partial charge is 0.302 e. The molecule has 10 atom stereocenters. The van der Waals surface area contributed by atoms with Gasteiger partial charge in [-0.2, -0.15) is 0 Å². The van der Waals surface area contributed by atoms with Crippen LogP contribution < -0.4 is 0 Å². The van der Waals surface area contributed by atoms with E-state index in [9.17, 15) is 50.8 Å². The van der Waals surface area contributed by atoms with Crippen molar-refractivity contribution in [1.82, 2.24) is 0 Å². The van der Waals surface area contributed by atoms with E-state index in [1.54, 1.807) is 0 Å². The number of ether oxygens (including phenoxy) is 6. The van der Waals surface area contributed by atoms with E-state index >= 15 is 0 Å². The minimum absolute atomic E-state index is 0.0717. The molecule has 16 nitrogen and oxygen atoms in total. The third kappa shape index (κ3) is 6.33. The molecule has 0 saturated carbocycles. The highest BCUT2D eigenvalue weighted by Gasteiger charge is 2.51.